The van der Waals surface area contributed by atoms with E-state index in [-0.39, 0.29) is 5.82 Å². The number of nitrogens with zero attached hydrogens (tertiary/aromatic N) is 6. The zero-order valence-corrected chi connectivity index (χ0v) is 11.8. The SMILES string of the molecule is Fc1cc(-c2nnn[nH]2)ccc1-c1ccc(-n2ccnc2)cn1. The molecule has 1 aromatic carbocycles. The second kappa shape index (κ2) is 5.41. The molecule has 0 aliphatic heterocycles. The van der Waals surface area contributed by atoms with Gasteiger partial charge in [0.15, 0.2) is 5.82 Å². The third-order valence-electron chi connectivity index (χ3n) is 3.41. The maximum Gasteiger partial charge on any atom is 0.179 e. The Labute approximate surface area is 129 Å². The zero-order valence-electron chi connectivity index (χ0n) is 11.8. The van der Waals surface area contributed by atoms with Crippen LogP contribution in [0, 0.1) is 5.82 Å². The number of tetrazole rings is 1. The van der Waals surface area contributed by atoms with Crippen molar-refractivity contribution in [3.8, 4) is 28.3 Å². The Hall–Kier alpha value is -3.42. The molecule has 0 saturated heterocycles. The van der Waals surface area contributed by atoms with E-state index in [4.69, 9.17) is 0 Å². The summed E-state index contributed by atoms with van der Waals surface area (Å²) in [5.74, 6) is 0.0284. The summed E-state index contributed by atoms with van der Waals surface area (Å²) in [5, 5.41) is 13.3. The highest BCUT2D eigenvalue weighted by Gasteiger charge is 2.10. The molecule has 0 bridgehead atoms. The van der Waals surface area contributed by atoms with Gasteiger partial charge in [-0.1, -0.05) is 6.07 Å². The van der Waals surface area contributed by atoms with Crippen molar-refractivity contribution in [1.29, 1.82) is 0 Å². The van der Waals surface area contributed by atoms with Crippen molar-refractivity contribution < 1.29 is 4.39 Å². The summed E-state index contributed by atoms with van der Waals surface area (Å²) in [4.78, 5) is 8.30. The first-order valence-electron chi connectivity index (χ1n) is 6.80. The minimum atomic E-state index is -0.387. The molecule has 0 unspecified atom stereocenters. The van der Waals surface area contributed by atoms with Crippen LogP contribution >= 0.6 is 0 Å². The molecular formula is C15H10FN7. The number of rotatable bonds is 3. The van der Waals surface area contributed by atoms with Gasteiger partial charge < -0.3 is 4.57 Å². The highest BCUT2D eigenvalue weighted by atomic mass is 19.1. The van der Waals surface area contributed by atoms with E-state index >= 15 is 0 Å². The van der Waals surface area contributed by atoms with Crippen LogP contribution in [0.4, 0.5) is 4.39 Å². The highest BCUT2D eigenvalue weighted by molar-refractivity contribution is 5.66. The van der Waals surface area contributed by atoms with Crippen molar-refractivity contribution in [2.75, 3.05) is 0 Å². The maximum absolute atomic E-state index is 14.4. The molecule has 0 aliphatic carbocycles. The van der Waals surface area contributed by atoms with Gasteiger partial charge in [-0.25, -0.2) is 14.5 Å². The van der Waals surface area contributed by atoms with Gasteiger partial charge in [0, 0.05) is 23.5 Å². The number of H-pyrrole nitrogens is 1. The Morgan fingerprint density at radius 2 is 2.09 bits per heavy atom. The number of nitrogens with one attached hydrogen (secondary N) is 1. The summed E-state index contributed by atoms with van der Waals surface area (Å²) in [5.41, 5.74) is 2.40. The van der Waals surface area contributed by atoms with E-state index in [0.717, 1.165) is 5.69 Å². The molecule has 4 rings (SSSR count). The van der Waals surface area contributed by atoms with Crippen LogP contribution in [-0.4, -0.2) is 35.2 Å². The minimum Gasteiger partial charge on any atom is -0.305 e. The summed E-state index contributed by atoms with van der Waals surface area (Å²) >= 11 is 0. The Morgan fingerprint density at radius 1 is 1.13 bits per heavy atom. The van der Waals surface area contributed by atoms with Crippen molar-refractivity contribution in [2.45, 2.75) is 0 Å². The Balaban J connectivity index is 1.68. The first-order valence-corrected chi connectivity index (χ1v) is 6.80. The average molecular weight is 307 g/mol. The molecule has 0 spiro atoms. The fourth-order valence-corrected chi connectivity index (χ4v) is 2.26. The van der Waals surface area contributed by atoms with Crippen LogP contribution in [0.25, 0.3) is 28.3 Å². The first kappa shape index (κ1) is 13.3. The van der Waals surface area contributed by atoms with Gasteiger partial charge in [0.25, 0.3) is 0 Å². The van der Waals surface area contributed by atoms with Crippen LogP contribution in [0.1, 0.15) is 0 Å². The Morgan fingerprint density at radius 3 is 2.74 bits per heavy atom. The lowest BCUT2D eigenvalue weighted by atomic mass is 10.1. The van der Waals surface area contributed by atoms with Crippen LogP contribution in [-0.2, 0) is 0 Å². The third kappa shape index (κ3) is 2.46. The number of aromatic amines is 1. The number of hydrogen-bond donors (Lipinski definition) is 1. The lowest BCUT2D eigenvalue weighted by Crippen LogP contribution is -1.94. The number of benzene rings is 1. The molecule has 8 heteroatoms. The van der Waals surface area contributed by atoms with E-state index in [1.165, 1.54) is 6.07 Å². The smallest absolute Gasteiger partial charge is 0.179 e. The second-order valence-corrected chi connectivity index (χ2v) is 4.82. The van der Waals surface area contributed by atoms with Crippen molar-refractivity contribution in [3.05, 3.63) is 61.1 Å². The number of imidazole rings is 1. The number of hydrogen-bond acceptors (Lipinski definition) is 5. The Kier molecular flexibility index (Phi) is 3.12. The predicted molar refractivity (Wildman–Crippen MR) is 79.9 cm³/mol. The fourth-order valence-electron chi connectivity index (χ4n) is 2.26. The van der Waals surface area contributed by atoms with Crippen molar-refractivity contribution >= 4 is 0 Å². The van der Waals surface area contributed by atoms with Crippen LogP contribution in [0.15, 0.2) is 55.2 Å². The molecule has 0 radical (unpaired) electrons. The van der Waals surface area contributed by atoms with E-state index in [9.17, 15) is 4.39 Å². The quantitative estimate of drug-likeness (QED) is 0.627. The van der Waals surface area contributed by atoms with Crippen molar-refractivity contribution in [2.24, 2.45) is 0 Å². The van der Waals surface area contributed by atoms with Gasteiger partial charge in [-0.3, -0.25) is 4.98 Å². The van der Waals surface area contributed by atoms with Crippen LogP contribution < -0.4 is 0 Å². The highest BCUT2D eigenvalue weighted by Crippen LogP contribution is 2.25. The van der Waals surface area contributed by atoms with Crippen LogP contribution in [0.2, 0.25) is 0 Å². The van der Waals surface area contributed by atoms with E-state index in [1.54, 1.807) is 36.9 Å². The van der Waals surface area contributed by atoms with Crippen molar-refractivity contribution in [1.82, 2.24) is 35.2 Å². The monoisotopic (exact) mass is 307 g/mol. The molecule has 0 amide bonds. The second-order valence-electron chi connectivity index (χ2n) is 4.82. The first-order chi connectivity index (χ1) is 11.3. The topological polar surface area (TPSA) is 85.2 Å². The van der Waals surface area contributed by atoms with Gasteiger partial charge >= 0.3 is 0 Å². The number of pyridine rings is 1. The van der Waals surface area contributed by atoms with Gasteiger partial charge in [0.1, 0.15) is 5.82 Å². The molecule has 0 saturated carbocycles. The summed E-state index contributed by atoms with van der Waals surface area (Å²) in [6, 6.07) is 8.41. The van der Waals surface area contributed by atoms with Crippen molar-refractivity contribution in [3.63, 3.8) is 0 Å². The van der Waals surface area contributed by atoms with Gasteiger partial charge in [-0.15, -0.1) is 5.10 Å². The van der Waals surface area contributed by atoms with E-state index in [0.29, 0.717) is 22.6 Å². The zero-order chi connectivity index (χ0) is 15.6. The lowest BCUT2D eigenvalue weighted by Gasteiger charge is -2.06. The van der Waals surface area contributed by atoms with E-state index < -0.39 is 0 Å². The minimum absolute atomic E-state index is 0.387. The largest absolute Gasteiger partial charge is 0.305 e. The third-order valence-corrected chi connectivity index (χ3v) is 3.41. The molecule has 3 heterocycles. The maximum atomic E-state index is 14.4. The molecule has 0 fully saturated rings. The molecular weight excluding hydrogens is 297 g/mol. The molecule has 7 nitrogen and oxygen atoms in total. The summed E-state index contributed by atoms with van der Waals surface area (Å²) in [6.07, 6.45) is 6.85. The predicted octanol–water partition coefficient (Wildman–Crippen LogP) is 2.25. The van der Waals surface area contributed by atoms with Crippen LogP contribution in [0.5, 0.6) is 0 Å². The fraction of sp³-hybridized carbons (Fsp3) is 0. The summed E-state index contributed by atoms with van der Waals surface area (Å²) in [6.45, 7) is 0. The molecule has 23 heavy (non-hydrogen) atoms. The number of halogens is 1. The van der Waals surface area contributed by atoms with Gasteiger partial charge in [-0.2, -0.15) is 0 Å². The number of aromatic nitrogens is 7. The standard InChI is InChI=1S/C15H10FN7/c16-13-7-10(15-19-21-22-20-15)1-3-12(13)14-4-2-11(8-18-14)23-6-5-17-9-23/h1-9H,(H,19,20,21,22). The summed E-state index contributed by atoms with van der Waals surface area (Å²) in [7, 11) is 0. The molecule has 3 aromatic heterocycles. The van der Waals surface area contributed by atoms with E-state index in [2.05, 4.69) is 30.6 Å². The normalized spacial score (nSPS) is 10.8. The lowest BCUT2D eigenvalue weighted by molar-refractivity contribution is 0.631. The van der Waals surface area contributed by atoms with Gasteiger partial charge in [0.2, 0.25) is 0 Å². The van der Waals surface area contributed by atoms with Crippen LogP contribution in [0.3, 0.4) is 0 Å². The average Bonchev–Trinajstić information content (AvgIpc) is 3.29. The molecule has 0 atom stereocenters. The van der Waals surface area contributed by atoms with Gasteiger partial charge in [-0.05, 0) is 34.7 Å². The van der Waals surface area contributed by atoms with Gasteiger partial charge in [0.05, 0.1) is 23.9 Å². The molecule has 0 aliphatic rings. The van der Waals surface area contributed by atoms with E-state index in [1.807, 2.05) is 16.8 Å². The molecule has 4 aromatic rings. The molecule has 112 valence electrons. The molecule has 1 N–H and O–H groups in total. The Bertz CT molecular complexity index is 915. The summed E-state index contributed by atoms with van der Waals surface area (Å²) < 4.78 is 16.2.